The highest BCUT2D eigenvalue weighted by Crippen LogP contribution is 2.13. The van der Waals surface area contributed by atoms with Gasteiger partial charge in [-0.2, -0.15) is 5.10 Å². The predicted molar refractivity (Wildman–Crippen MR) is 78.1 cm³/mol. The van der Waals surface area contributed by atoms with E-state index in [0.29, 0.717) is 0 Å². The van der Waals surface area contributed by atoms with Crippen molar-refractivity contribution in [3.05, 3.63) is 65.7 Å². The topological polar surface area (TPSA) is 24.4 Å². The summed E-state index contributed by atoms with van der Waals surface area (Å²) in [5.41, 5.74) is 7.74. The van der Waals surface area contributed by atoms with E-state index in [-0.39, 0.29) is 0 Å². The van der Waals surface area contributed by atoms with Crippen molar-refractivity contribution in [3.8, 4) is 0 Å². The Kier molecular flexibility index (Phi) is 4.13. The second-order valence-electron chi connectivity index (χ2n) is 4.44. The first kappa shape index (κ1) is 12.4. The first-order valence-electron chi connectivity index (χ1n) is 6.14. The largest absolute Gasteiger partial charge is 0.278 e. The van der Waals surface area contributed by atoms with Gasteiger partial charge in [-0.1, -0.05) is 48.5 Å². The van der Waals surface area contributed by atoms with E-state index in [4.69, 9.17) is 0 Å². The van der Waals surface area contributed by atoms with E-state index in [9.17, 15) is 0 Å². The van der Waals surface area contributed by atoms with Crippen LogP contribution < -0.4 is 5.43 Å². The van der Waals surface area contributed by atoms with Gasteiger partial charge in [-0.15, -0.1) is 0 Å². The average molecular weight is 238 g/mol. The van der Waals surface area contributed by atoms with E-state index in [1.54, 1.807) is 0 Å². The highest BCUT2D eigenvalue weighted by molar-refractivity contribution is 5.84. The van der Waals surface area contributed by atoms with E-state index in [1.807, 2.05) is 31.2 Å². The summed E-state index contributed by atoms with van der Waals surface area (Å²) in [4.78, 5) is 0. The second-order valence-corrected chi connectivity index (χ2v) is 4.44. The molecular weight excluding hydrogens is 220 g/mol. The summed E-state index contributed by atoms with van der Waals surface area (Å²) in [6.45, 7) is 4.11. The summed E-state index contributed by atoms with van der Waals surface area (Å²) in [5, 5.41) is 4.42. The molecule has 0 bridgehead atoms. The number of hydrogen-bond acceptors (Lipinski definition) is 2. The molecule has 0 spiro atoms. The van der Waals surface area contributed by atoms with Crippen LogP contribution in [0.3, 0.4) is 0 Å². The Labute approximate surface area is 108 Å². The van der Waals surface area contributed by atoms with Crippen molar-refractivity contribution in [3.63, 3.8) is 0 Å². The van der Waals surface area contributed by atoms with Crippen LogP contribution in [-0.2, 0) is 6.42 Å². The fourth-order valence-corrected chi connectivity index (χ4v) is 1.78. The molecule has 2 aromatic carbocycles. The van der Waals surface area contributed by atoms with Gasteiger partial charge in [0.15, 0.2) is 0 Å². The molecule has 0 unspecified atom stereocenters. The number of nitrogens with one attached hydrogen (secondary N) is 1. The van der Waals surface area contributed by atoms with Crippen molar-refractivity contribution in [2.24, 2.45) is 5.10 Å². The summed E-state index contributed by atoms with van der Waals surface area (Å²) < 4.78 is 0. The monoisotopic (exact) mass is 238 g/mol. The van der Waals surface area contributed by atoms with Crippen molar-refractivity contribution in [1.82, 2.24) is 0 Å². The molecule has 0 fully saturated rings. The molecule has 1 N–H and O–H groups in total. The number of aryl methyl sites for hydroxylation is 1. The minimum atomic E-state index is 0.875. The van der Waals surface area contributed by atoms with Gasteiger partial charge in [0.2, 0.25) is 0 Å². The lowest BCUT2D eigenvalue weighted by atomic mass is 10.1. The van der Waals surface area contributed by atoms with E-state index >= 15 is 0 Å². The lowest BCUT2D eigenvalue weighted by Crippen LogP contribution is -2.02. The van der Waals surface area contributed by atoms with Crippen LogP contribution in [0.25, 0.3) is 0 Å². The van der Waals surface area contributed by atoms with Gasteiger partial charge in [-0.3, -0.25) is 5.43 Å². The van der Waals surface area contributed by atoms with Crippen LogP contribution >= 0.6 is 0 Å². The molecule has 0 aromatic heterocycles. The SMILES string of the molecule is C/C(Cc1ccccc1)=N/Nc1ccccc1C. The van der Waals surface area contributed by atoms with Crippen molar-refractivity contribution in [1.29, 1.82) is 0 Å². The number of hydrogen-bond donors (Lipinski definition) is 1. The first-order chi connectivity index (χ1) is 8.75. The lowest BCUT2D eigenvalue weighted by molar-refractivity contribution is 1.23. The molecule has 0 amide bonds. The molecule has 18 heavy (non-hydrogen) atoms. The fraction of sp³-hybridized carbons (Fsp3) is 0.188. The third-order valence-electron chi connectivity index (χ3n) is 2.82. The Hall–Kier alpha value is -2.09. The third kappa shape index (κ3) is 3.45. The van der Waals surface area contributed by atoms with Gasteiger partial charge in [0.25, 0.3) is 0 Å². The van der Waals surface area contributed by atoms with Gasteiger partial charge in [-0.25, -0.2) is 0 Å². The molecule has 2 nitrogen and oxygen atoms in total. The molecule has 0 aliphatic carbocycles. The number of benzene rings is 2. The molecule has 0 radical (unpaired) electrons. The third-order valence-corrected chi connectivity index (χ3v) is 2.82. The van der Waals surface area contributed by atoms with Gasteiger partial charge in [-0.05, 0) is 31.0 Å². The summed E-state index contributed by atoms with van der Waals surface area (Å²) in [7, 11) is 0. The molecule has 0 saturated heterocycles. The zero-order valence-electron chi connectivity index (χ0n) is 10.9. The van der Waals surface area contributed by atoms with Crippen molar-refractivity contribution in [2.45, 2.75) is 20.3 Å². The van der Waals surface area contributed by atoms with Gasteiger partial charge in [0, 0.05) is 12.1 Å². The van der Waals surface area contributed by atoms with Gasteiger partial charge >= 0.3 is 0 Å². The van der Waals surface area contributed by atoms with Crippen LogP contribution in [-0.4, -0.2) is 5.71 Å². The predicted octanol–water partition coefficient (Wildman–Crippen LogP) is 4.03. The maximum Gasteiger partial charge on any atom is 0.0590 e. The highest BCUT2D eigenvalue weighted by atomic mass is 15.3. The first-order valence-corrected chi connectivity index (χ1v) is 6.14. The molecule has 0 atom stereocenters. The quantitative estimate of drug-likeness (QED) is 0.631. The van der Waals surface area contributed by atoms with Crippen LogP contribution in [0, 0.1) is 6.92 Å². The molecule has 0 heterocycles. The Balaban J connectivity index is 2.00. The smallest absolute Gasteiger partial charge is 0.0590 e. The Morgan fingerprint density at radius 2 is 1.67 bits per heavy atom. The normalized spacial score (nSPS) is 11.3. The summed E-state index contributed by atoms with van der Waals surface area (Å²) in [6.07, 6.45) is 0.875. The highest BCUT2D eigenvalue weighted by Gasteiger charge is 1.97. The Morgan fingerprint density at radius 1 is 1.00 bits per heavy atom. The standard InChI is InChI=1S/C16H18N2/c1-13-8-6-7-11-16(13)18-17-14(2)12-15-9-4-3-5-10-15/h3-11,18H,12H2,1-2H3/b17-14-. The molecule has 2 rings (SSSR count). The van der Waals surface area contributed by atoms with E-state index in [1.165, 1.54) is 11.1 Å². The van der Waals surface area contributed by atoms with Gasteiger partial charge in [0.05, 0.1) is 5.69 Å². The van der Waals surface area contributed by atoms with Crippen LogP contribution in [0.15, 0.2) is 59.7 Å². The second kappa shape index (κ2) is 6.01. The van der Waals surface area contributed by atoms with E-state index < -0.39 is 0 Å². The maximum absolute atomic E-state index is 4.42. The minimum absolute atomic E-state index is 0.875. The maximum atomic E-state index is 4.42. The molecule has 0 saturated carbocycles. The number of hydrazone groups is 1. The molecular formula is C16H18N2. The number of nitrogens with zero attached hydrogens (tertiary/aromatic N) is 1. The summed E-state index contributed by atoms with van der Waals surface area (Å²) in [6, 6.07) is 18.5. The minimum Gasteiger partial charge on any atom is -0.278 e. The molecule has 92 valence electrons. The van der Waals surface area contributed by atoms with Crippen LogP contribution in [0.4, 0.5) is 5.69 Å². The number of rotatable bonds is 4. The zero-order chi connectivity index (χ0) is 12.8. The fourth-order valence-electron chi connectivity index (χ4n) is 1.78. The van der Waals surface area contributed by atoms with Gasteiger partial charge < -0.3 is 0 Å². The Bertz CT molecular complexity index is 530. The van der Waals surface area contributed by atoms with Crippen molar-refractivity contribution < 1.29 is 0 Å². The van der Waals surface area contributed by atoms with Crippen molar-refractivity contribution >= 4 is 11.4 Å². The molecule has 2 aromatic rings. The average Bonchev–Trinajstić information content (AvgIpc) is 2.39. The molecule has 0 aliphatic heterocycles. The van der Waals surface area contributed by atoms with E-state index in [0.717, 1.165) is 17.8 Å². The lowest BCUT2D eigenvalue weighted by Gasteiger charge is -2.06. The number of anilines is 1. The summed E-state index contributed by atoms with van der Waals surface area (Å²) in [5.74, 6) is 0. The zero-order valence-corrected chi connectivity index (χ0v) is 10.9. The van der Waals surface area contributed by atoms with Crippen LogP contribution in [0.1, 0.15) is 18.1 Å². The van der Waals surface area contributed by atoms with E-state index in [2.05, 4.69) is 47.8 Å². The van der Waals surface area contributed by atoms with Crippen LogP contribution in [0.5, 0.6) is 0 Å². The van der Waals surface area contributed by atoms with Gasteiger partial charge in [0.1, 0.15) is 0 Å². The van der Waals surface area contributed by atoms with Crippen LogP contribution in [0.2, 0.25) is 0 Å². The Morgan fingerprint density at radius 3 is 2.39 bits per heavy atom. The summed E-state index contributed by atoms with van der Waals surface area (Å²) >= 11 is 0. The van der Waals surface area contributed by atoms with Crippen molar-refractivity contribution in [2.75, 3.05) is 5.43 Å². The molecule has 0 aliphatic rings. The number of para-hydroxylation sites is 1. The molecule has 2 heteroatoms.